The molecule has 0 spiro atoms. The van der Waals surface area contributed by atoms with Crippen molar-refractivity contribution in [3.8, 4) is 17.5 Å². The van der Waals surface area contributed by atoms with Gasteiger partial charge < -0.3 is 9.84 Å². The molecule has 3 aromatic rings. The van der Waals surface area contributed by atoms with Crippen molar-refractivity contribution in [2.75, 3.05) is 5.32 Å². The molecule has 9 nitrogen and oxygen atoms in total. The van der Waals surface area contributed by atoms with Crippen LogP contribution in [-0.4, -0.2) is 30.8 Å². The third-order valence-electron chi connectivity index (χ3n) is 2.68. The Bertz CT molecular complexity index is 835. The molecule has 2 heterocycles. The number of rotatable bonds is 4. The van der Waals surface area contributed by atoms with Crippen LogP contribution in [0.15, 0.2) is 35.3 Å². The Kier molecular flexibility index (Phi) is 3.52. The van der Waals surface area contributed by atoms with Gasteiger partial charge in [0.1, 0.15) is 17.5 Å². The summed E-state index contributed by atoms with van der Waals surface area (Å²) in [5, 5.41) is 28.5. The van der Waals surface area contributed by atoms with Gasteiger partial charge >= 0.3 is 0 Å². The average molecular weight is 298 g/mol. The zero-order chi connectivity index (χ0) is 15.4. The smallest absolute Gasteiger partial charge is 0.216 e. The number of halogens is 1. The van der Waals surface area contributed by atoms with Gasteiger partial charge in [-0.1, -0.05) is 11.2 Å². The second kappa shape index (κ2) is 5.80. The van der Waals surface area contributed by atoms with Crippen LogP contribution in [0.25, 0.3) is 17.0 Å². The summed E-state index contributed by atoms with van der Waals surface area (Å²) < 4.78 is 18.6. The van der Waals surface area contributed by atoms with Gasteiger partial charge in [0.25, 0.3) is 0 Å². The molecular formula is C12H7FN8O. The van der Waals surface area contributed by atoms with Crippen LogP contribution in [0.1, 0.15) is 5.82 Å². The van der Waals surface area contributed by atoms with E-state index in [1.165, 1.54) is 18.3 Å². The number of anilines is 1. The van der Waals surface area contributed by atoms with Gasteiger partial charge in [-0.15, -0.1) is 10.2 Å². The number of tetrazole rings is 1. The number of nitrogens with one attached hydrogen (secondary N) is 2. The van der Waals surface area contributed by atoms with Crippen molar-refractivity contribution in [3.05, 3.63) is 42.4 Å². The molecule has 2 aromatic heterocycles. The van der Waals surface area contributed by atoms with Crippen LogP contribution in [0.5, 0.6) is 0 Å². The number of benzene rings is 1. The van der Waals surface area contributed by atoms with Gasteiger partial charge in [-0.05, 0) is 17.3 Å². The van der Waals surface area contributed by atoms with Crippen LogP contribution < -0.4 is 5.32 Å². The van der Waals surface area contributed by atoms with Crippen molar-refractivity contribution in [3.63, 3.8) is 0 Å². The predicted octanol–water partition coefficient (Wildman–Crippen LogP) is 1.37. The number of nitrogens with zero attached hydrogens (tertiary/aromatic N) is 6. The first-order chi connectivity index (χ1) is 10.8. The van der Waals surface area contributed by atoms with Crippen LogP contribution in [0.4, 0.5) is 10.1 Å². The zero-order valence-corrected chi connectivity index (χ0v) is 10.9. The fraction of sp³-hybridized carbons (Fsp3) is 0. The molecule has 0 saturated carbocycles. The van der Waals surface area contributed by atoms with Crippen LogP contribution in [0.2, 0.25) is 0 Å². The van der Waals surface area contributed by atoms with Gasteiger partial charge in [-0.2, -0.15) is 15.5 Å². The Morgan fingerprint density at radius 2 is 2.36 bits per heavy atom. The van der Waals surface area contributed by atoms with Crippen molar-refractivity contribution in [1.29, 1.82) is 5.26 Å². The quantitative estimate of drug-likeness (QED) is 0.691. The molecule has 0 unspecified atom stereocenters. The number of hydrogen-bond donors (Lipinski definition) is 2. The first kappa shape index (κ1) is 13.4. The summed E-state index contributed by atoms with van der Waals surface area (Å²) in [4.78, 5) is 3.82. The van der Waals surface area contributed by atoms with E-state index in [1.807, 2.05) is 6.07 Å². The lowest BCUT2D eigenvalue weighted by molar-refractivity contribution is 0.418. The minimum atomic E-state index is -0.530. The fourth-order valence-corrected chi connectivity index (χ4v) is 1.73. The Labute approximate surface area is 122 Å². The monoisotopic (exact) mass is 298 g/mol. The van der Waals surface area contributed by atoms with Crippen LogP contribution in [0.3, 0.4) is 0 Å². The number of H-pyrrole nitrogens is 1. The molecule has 0 aliphatic carbocycles. The normalized spacial score (nSPS) is 11.2. The van der Waals surface area contributed by atoms with Gasteiger partial charge in [-0.3, -0.25) is 0 Å². The Hall–Kier alpha value is -3.61. The molecule has 10 heteroatoms. The highest BCUT2D eigenvalue weighted by molar-refractivity contribution is 5.78. The largest absolute Gasteiger partial charge is 0.360 e. The van der Waals surface area contributed by atoms with Crippen molar-refractivity contribution < 1.29 is 8.91 Å². The van der Waals surface area contributed by atoms with Crippen molar-refractivity contribution in [2.45, 2.75) is 0 Å². The molecule has 2 N–H and O–H groups in total. The SMILES string of the molecule is N#CC(=CNc1cccc(F)c1-c1ncon1)c1nn[nH]n1. The summed E-state index contributed by atoms with van der Waals surface area (Å²) >= 11 is 0. The molecule has 0 amide bonds. The van der Waals surface area contributed by atoms with E-state index in [0.29, 0.717) is 5.69 Å². The zero-order valence-electron chi connectivity index (χ0n) is 10.9. The van der Waals surface area contributed by atoms with Gasteiger partial charge in [0.15, 0.2) is 0 Å². The molecule has 0 atom stereocenters. The first-order valence-corrected chi connectivity index (χ1v) is 5.95. The molecule has 1 aromatic carbocycles. The number of aromatic nitrogens is 6. The van der Waals surface area contributed by atoms with Crippen molar-refractivity contribution in [1.82, 2.24) is 30.8 Å². The van der Waals surface area contributed by atoms with Gasteiger partial charge in [-0.25, -0.2) is 4.39 Å². The third kappa shape index (κ3) is 2.50. The lowest BCUT2D eigenvalue weighted by atomic mass is 10.1. The number of nitriles is 1. The van der Waals surface area contributed by atoms with E-state index in [4.69, 9.17) is 5.26 Å². The lowest BCUT2D eigenvalue weighted by Gasteiger charge is -2.07. The summed E-state index contributed by atoms with van der Waals surface area (Å²) in [6, 6.07) is 6.30. The third-order valence-corrected chi connectivity index (χ3v) is 2.68. The maximum Gasteiger partial charge on any atom is 0.216 e. The van der Waals surface area contributed by atoms with Crippen LogP contribution >= 0.6 is 0 Å². The average Bonchev–Trinajstić information content (AvgIpc) is 3.21. The van der Waals surface area contributed by atoms with E-state index in [1.54, 1.807) is 6.07 Å². The van der Waals surface area contributed by atoms with E-state index in [9.17, 15) is 4.39 Å². The summed E-state index contributed by atoms with van der Waals surface area (Å²) in [7, 11) is 0. The van der Waals surface area contributed by atoms with E-state index < -0.39 is 5.82 Å². The van der Waals surface area contributed by atoms with Crippen LogP contribution in [-0.2, 0) is 0 Å². The topological polar surface area (TPSA) is 129 Å². The molecule has 108 valence electrons. The Balaban J connectivity index is 1.97. The molecule has 0 saturated heterocycles. The summed E-state index contributed by atoms with van der Waals surface area (Å²) in [5.74, 6) is -0.322. The van der Waals surface area contributed by atoms with E-state index in [0.717, 1.165) is 6.39 Å². The molecule has 3 rings (SSSR count). The minimum Gasteiger partial charge on any atom is -0.360 e. The molecule has 0 aliphatic heterocycles. The second-order valence-electron chi connectivity index (χ2n) is 3.97. The van der Waals surface area contributed by atoms with E-state index in [2.05, 4.69) is 40.6 Å². The van der Waals surface area contributed by atoms with Gasteiger partial charge in [0.2, 0.25) is 18.0 Å². The molecule has 0 aliphatic rings. The highest BCUT2D eigenvalue weighted by atomic mass is 19.1. The Morgan fingerprint density at radius 3 is 3.05 bits per heavy atom. The molecule has 0 fully saturated rings. The van der Waals surface area contributed by atoms with Crippen LogP contribution in [0, 0.1) is 17.1 Å². The summed E-state index contributed by atoms with van der Waals surface area (Å²) in [6.07, 6.45) is 2.44. The number of aromatic amines is 1. The lowest BCUT2D eigenvalue weighted by Crippen LogP contribution is -1.97. The first-order valence-electron chi connectivity index (χ1n) is 5.95. The predicted molar refractivity (Wildman–Crippen MR) is 71.1 cm³/mol. The molecule has 0 bridgehead atoms. The molecule has 22 heavy (non-hydrogen) atoms. The highest BCUT2D eigenvalue weighted by Gasteiger charge is 2.15. The second-order valence-corrected chi connectivity index (χ2v) is 3.97. The standard InChI is InChI=1S/C12H7FN8O/c13-8-2-1-3-9(10(8)12-16-6-22-19-12)15-5-7(4-14)11-17-20-21-18-11/h1-3,5-6,15H,(H,17,18,20,21). The van der Waals surface area contributed by atoms with E-state index in [-0.39, 0.29) is 22.8 Å². The molecular weight excluding hydrogens is 291 g/mol. The van der Waals surface area contributed by atoms with Crippen molar-refractivity contribution in [2.24, 2.45) is 0 Å². The number of allylic oxidation sites excluding steroid dienone is 1. The maximum atomic E-state index is 14.0. The fourth-order valence-electron chi connectivity index (χ4n) is 1.73. The van der Waals surface area contributed by atoms with E-state index >= 15 is 0 Å². The van der Waals surface area contributed by atoms with Gasteiger partial charge in [0, 0.05) is 6.20 Å². The Morgan fingerprint density at radius 1 is 1.45 bits per heavy atom. The highest BCUT2D eigenvalue weighted by Crippen LogP contribution is 2.28. The van der Waals surface area contributed by atoms with Gasteiger partial charge in [0.05, 0.1) is 11.3 Å². The summed E-state index contributed by atoms with van der Waals surface area (Å²) in [5.41, 5.74) is 0.604. The number of hydrogen-bond acceptors (Lipinski definition) is 8. The minimum absolute atomic E-state index is 0.0899. The molecule has 0 radical (unpaired) electrons. The summed E-state index contributed by atoms with van der Waals surface area (Å²) in [6.45, 7) is 0. The van der Waals surface area contributed by atoms with Crippen molar-refractivity contribution >= 4 is 11.3 Å². The maximum absolute atomic E-state index is 14.0.